The van der Waals surface area contributed by atoms with Crippen molar-refractivity contribution in [1.82, 2.24) is 9.29 Å². The summed E-state index contributed by atoms with van der Waals surface area (Å²) in [6, 6.07) is 6.51. The molecule has 7 heteroatoms. The van der Waals surface area contributed by atoms with Crippen molar-refractivity contribution < 1.29 is 17.9 Å². The van der Waals surface area contributed by atoms with Crippen LogP contribution in [-0.4, -0.2) is 49.3 Å². The first-order chi connectivity index (χ1) is 12.1. The molecule has 2 heterocycles. The van der Waals surface area contributed by atoms with E-state index in [1.807, 2.05) is 6.07 Å². The van der Waals surface area contributed by atoms with E-state index < -0.39 is 16.1 Å². The molecule has 25 heavy (non-hydrogen) atoms. The Hall–Kier alpha value is -1.83. The number of aromatic nitrogens is 1. The Balaban J connectivity index is 1.78. The maximum Gasteiger partial charge on any atom is 0.244 e. The van der Waals surface area contributed by atoms with Gasteiger partial charge in [-0.3, -0.25) is 9.78 Å². The van der Waals surface area contributed by atoms with Crippen molar-refractivity contribution in [2.75, 3.05) is 19.8 Å². The highest BCUT2D eigenvalue weighted by molar-refractivity contribution is 7.89. The van der Waals surface area contributed by atoms with Gasteiger partial charge in [-0.2, -0.15) is 4.31 Å². The van der Waals surface area contributed by atoms with Crippen LogP contribution in [0.2, 0.25) is 0 Å². The molecule has 0 amide bonds. The number of hydrogen-bond acceptors (Lipinski definition) is 5. The maximum absolute atomic E-state index is 13.4. The molecule has 0 radical (unpaired) electrons. The van der Waals surface area contributed by atoms with Crippen LogP contribution in [0.15, 0.2) is 41.6 Å². The molecule has 0 N–H and O–H groups in total. The van der Waals surface area contributed by atoms with Crippen LogP contribution in [0.25, 0.3) is 10.8 Å². The summed E-state index contributed by atoms with van der Waals surface area (Å²) < 4.78 is 33.8. The fourth-order valence-electron chi connectivity index (χ4n) is 3.92. The first-order valence-corrected chi connectivity index (χ1v) is 9.98. The van der Waals surface area contributed by atoms with Gasteiger partial charge in [-0.1, -0.05) is 12.1 Å². The van der Waals surface area contributed by atoms with E-state index in [1.165, 1.54) is 4.31 Å². The van der Waals surface area contributed by atoms with Crippen molar-refractivity contribution in [1.29, 1.82) is 0 Å². The van der Waals surface area contributed by atoms with Crippen LogP contribution in [0.1, 0.15) is 19.3 Å². The fraction of sp³-hybridized carbons (Fsp3) is 0.444. The van der Waals surface area contributed by atoms with Gasteiger partial charge < -0.3 is 4.74 Å². The summed E-state index contributed by atoms with van der Waals surface area (Å²) in [5, 5.41) is 1.44. The number of carbonyl (C=O) groups excluding carboxylic acids is 1. The smallest absolute Gasteiger partial charge is 0.244 e. The summed E-state index contributed by atoms with van der Waals surface area (Å²) in [6.07, 6.45) is 5.35. The minimum Gasteiger partial charge on any atom is -0.378 e. The van der Waals surface area contributed by atoms with Crippen molar-refractivity contribution in [2.45, 2.75) is 30.2 Å². The van der Waals surface area contributed by atoms with Crippen LogP contribution < -0.4 is 0 Å². The van der Waals surface area contributed by atoms with Crippen LogP contribution in [0, 0.1) is 5.92 Å². The highest BCUT2D eigenvalue weighted by Gasteiger charge is 2.43. The lowest BCUT2D eigenvalue weighted by atomic mass is 9.97. The van der Waals surface area contributed by atoms with Crippen molar-refractivity contribution >= 4 is 26.6 Å². The van der Waals surface area contributed by atoms with Crippen molar-refractivity contribution in [3.05, 3.63) is 36.7 Å². The van der Waals surface area contributed by atoms with Gasteiger partial charge in [-0.05, 0) is 25.0 Å². The molecule has 1 aliphatic heterocycles. The summed E-state index contributed by atoms with van der Waals surface area (Å²) in [5.41, 5.74) is 0. The molecule has 2 fully saturated rings. The van der Waals surface area contributed by atoms with Gasteiger partial charge in [0.2, 0.25) is 10.0 Å². The molecule has 132 valence electrons. The second-order valence-electron chi connectivity index (χ2n) is 6.58. The van der Waals surface area contributed by atoms with Crippen LogP contribution in [0.4, 0.5) is 0 Å². The highest BCUT2D eigenvalue weighted by Crippen LogP contribution is 2.33. The third-order valence-corrected chi connectivity index (χ3v) is 7.14. The fourth-order valence-corrected chi connectivity index (χ4v) is 5.76. The molecule has 2 aromatic rings. The van der Waals surface area contributed by atoms with E-state index in [2.05, 4.69) is 4.98 Å². The Bertz CT molecular complexity index is 907. The van der Waals surface area contributed by atoms with Gasteiger partial charge in [0.05, 0.1) is 24.2 Å². The average molecular weight is 360 g/mol. The normalized spacial score (nSPS) is 25.5. The number of morpholine rings is 1. The predicted octanol–water partition coefficient (Wildman–Crippen LogP) is 1.99. The molecular formula is C18H20N2O4S. The third kappa shape index (κ3) is 2.86. The lowest BCUT2D eigenvalue weighted by molar-refractivity contribution is -0.123. The lowest BCUT2D eigenvalue weighted by Crippen LogP contribution is -2.52. The van der Waals surface area contributed by atoms with Crippen molar-refractivity contribution in [2.24, 2.45) is 5.92 Å². The number of rotatable bonds is 3. The number of sulfonamides is 1. The van der Waals surface area contributed by atoms with E-state index >= 15 is 0 Å². The second-order valence-corrected chi connectivity index (χ2v) is 8.43. The summed E-state index contributed by atoms with van der Waals surface area (Å²) in [5.74, 6) is -0.107. The van der Waals surface area contributed by atoms with Crippen LogP contribution in [0.3, 0.4) is 0 Å². The molecule has 6 nitrogen and oxygen atoms in total. The number of fused-ring (bicyclic) bond motifs is 1. The lowest BCUT2D eigenvalue weighted by Gasteiger charge is -2.37. The minimum absolute atomic E-state index is 0.151. The van der Waals surface area contributed by atoms with Gasteiger partial charge in [0.25, 0.3) is 0 Å². The molecule has 1 aliphatic carbocycles. The van der Waals surface area contributed by atoms with Crippen molar-refractivity contribution in [3.8, 4) is 0 Å². The zero-order chi connectivity index (χ0) is 17.4. The highest BCUT2D eigenvalue weighted by atomic mass is 32.2. The summed E-state index contributed by atoms with van der Waals surface area (Å²) in [6.45, 7) is 0.906. The molecule has 4 rings (SSSR count). The van der Waals surface area contributed by atoms with Gasteiger partial charge in [-0.15, -0.1) is 0 Å². The Labute approximate surface area is 146 Å². The van der Waals surface area contributed by atoms with Gasteiger partial charge >= 0.3 is 0 Å². The zero-order valence-electron chi connectivity index (χ0n) is 13.8. The summed E-state index contributed by atoms with van der Waals surface area (Å²) >= 11 is 0. The van der Waals surface area contributed by atoms with Crippen LogP contribution >= 0.6 is 0 Å². The third-order valence-electron chi connectivity index (χ3n) is 5.16. The van der Waals surface area contributed by atoms with E-state index in [1.54, 1.807) is 30.6 Å². The molecule has 0 bridgehead atoms. The number of nitrogens with zero attached hydrogens (tertiary/aromatic N) is 2. The summed E-state index contributed by atoms with van der Waals surface area (Å²) in [4.78, 5) is 16.5. The topological polar surface area (TPSA) is 76.6 Å². The number of pyridine rings is 1. The van der Waals surface area contributed by atoms with Gasteiger partial charge in [0, 0.05) is 42.0 Å². The molecule has 2 aliphatic rings. The standard InChI is InChI=1S/C18H20N2O4S/c21-17-5-2-4-15(17)16-12-24-10-9-20(16)25(22,23)18-6-1-3-13-11-19-8-7-14(13)18/h1,3,6-8,11,15-16H,2,4-5,9-10,12H2. The first-order valence-electron chi connectivity index (χ1n) is 8.54. The molecule has 0 spiro atoms. The largest absolute Gasteiger partial charge is 0.378 e. The van der Waals surface area contributed by atoms with Gasteiger partial charge in [-0.25, -0.2) is 8.42 Å². The Kier molecular flexibility index (Phi) is 4.31. The number of Topliss-reactive ketones (excluding diaryl/α,β-unsaturated/α-hetero) is 1. The molecule has 1 aromatic carbocycles. The molecule has 2 unspecified atom stereocenters. The molecule has 1 saturated carbocycles. The predicted molar refractivity (Wildman–Crippen MR) is 92.6 cm³/mol. The maximum atomic E-state index is 13.4. The monoisotopic (exact) mass is 360 g/mol. The summed E-state index contributed by atoms with van der Waals surface area (Å²) in [7, 11) is -3.73. The second kappa shape index (κ2) is 6.48. The van der Waals surface area contributed by atoms with E-state index in [0.29, 0.717) is 18.4 Å². The number of ketones is 1. The zero-order valence-corrected chi connectivity index (χ0v) is 14.6. The van der Waals surface area contributed by atoms with Gasteiger partial charge in [0.1, 0.15) is 5.78 Å². The van der Waals surface area contributed by atoms with E-state index in [9.17, 15) is 13.2 Å². The van der Waals surface area contributed by atoms with E-state index in [0.717, 1.165) is 18.2 Å². The van der Waals surface area contributed by atoms with E-state index in [4.69, 9.17) is 4.74 Å². The molecule has 1 aromatic heterocycles. The Morgan fingerprint density at radius 1 is 1.24 bits per heavy atom. The number of ether oxygens (including phenoxy) is 1. The average Bonchev–Trinajstić information content (AvgIpc) is 3.07. The SMILES string of the molecule is O=C1CCCC1C1COCCN1S(=O)(=O)c1cccc2cnccc12. The number of hydrogen-bond donors (Lipinski definition) is 0. The number of benzene rings is 1. The first kappa shape index (κ1) is 16.6. The molecule has 1 saturated heterocycles. The number of carbonyl (C=O) groups is 1. The van der Waals surface area contributed by atoms with Crippen molar-refractivity contribution in [3.63, 3.8) is 0 Å². The van der Waals surface area contributed by atoms with Crippen LogP contribution in [-0.2, 0) is 19.6 Å². The Morgan fingerprint density at radius 3 is 2.92 bits per heavy atom. The van der Waals surface area contributed by atoms with Crippen LogP contribution in [0.5, 0.6) is 0 Å². The van der Waals surface area contributed by atoms with Gasteiger partial charge in [0.15, 0.2) is 0 Å². The molecular weight excluding hydrogens is 340 g/mol. The quantitative estimate of drug-likeness (QED) is 0.837. The Morgan fingerprint density at radius 2 is 2.12 bits per heavy atom. The molecule has 2 atom stereocenters. The minimum atomic E-state index is -3.73. The van der Waals surface area contributed by atoms with E-state index in [-0.39, 0.29) is 29.7 Å².